The molecule has 0 amide bonds. The van der Waals surface area contributed by atoms with Gasteiger partial charge >= 0.3 is 11.9 Å². The summed E-state index contributed by atoms with van der Waals surface area (Å²) in [7, 11) is 0. The van der Waals surface area contributed by atoms with E-state index in [0.717, 1.165) is 25.7 Å². The maximum absolute atomic E-state index is 11.5. The third kappa shape index (κ3) is 4.39. The molecule has 1 aliphatic rings. The van der Waals surface area contributed by atoms with E-state index in [1.54, 1.807) is 24.3 Å². The molecule has 0 spiro atoms. The maximum Gasteiger partial charge on any atom is 0.314 e. The summed E-state index contributed by atoms with van der Waals surface area (Å²) >= 11 is 0. The molecule has 0 saturated heterocycles. The molecular formula is C15H18O4. The summed E-state index contributed by atoms with van der Waals surface area (Å²) in [5.74, 6) is 0.442. The first-order chi connectivity index (χ1) is 9.19. The van der Waals surface area contributed by atoms with Crippen LogP contribution in [0, 0.1) is 5.92 Å². The van der Waals surface area contributed by atoms with Gasteiger partial charge in [0.2, 0.25) is 0 Å². The van der Waals surface area contributed by atoms with E-state index in [-0.39, 0.29) is 17.9 Å². The van der Waals surface area contributed by atoms with Crippen LogP contribution in [0.25, 0.3) is 0 Å². The molecule has 1 fully saturated rings. The van der Waals surface area contributed by atoms with Crippen molar-refractivity contribution in [3.63, 3.8) is 0 Å². The van der Waals surface area contributed by atoms with Crippen LogP contribution in [0.4, 0.5) is 0 Å². The zero-order valence-electron chi connectivity index (χ0n) is 11.1. The summed E-state index contributed by atoms with van der Waals surface area (Å²) in [6.45, 7) is 2.02. The number of benzene rings is 1. The lowest BCUT2D eigenvalue weighted by molar-refractivity contribution is -0.135. The number of carbonyl (C=O) groups is 2. The van der Waals surface area contributed by atoms with Gasteiger partial charge in [-0.2, -0.15) is 0 Å². The lowest BCUT2D eigenvalue weighted by Gasteiger charge is -2.07. The highest BCUT2D eigenvalue weighted by Crippen LogP contribution is 2.31. The Bertz CT molecular complexity index is 463. The summed E-state index contributed by atoms with van der Waals surface area (Å²) in [6, 6.07) is 6.64. The standard InChI is InChI=1S/C15H18O4/c1-2-3-7-14(16)18-12-5-4-6-13(10-12)19-15(17)11-8-9-11/h4-6,10-11H,2-3,7-9H2,1H3. The molecule has 0 radical (unpaired) electrons. The van der Waals surface area contributed by atoms with Crippen LogP contribution in [-0.4, -0.2) is 11.9 Å². The normalized spacial score (nSPS) is 13.9. The van der Waals surface area contributed by atoms with Crippen molar-refractivity contribution in [2.45, 2.75) is 39.0 Å². The van der Waals surface area contributed by atoms with Crippen LogP contribution in [0.15, 0.2) is 24.3 Å². The molecule has 0 aromatic heterocycles. The van der Waals surface area contributed by atoms with Gasteiger partial charge in [0.25, 0.3) is 0 Å². The van der Waals surface area contributed by atoms with E-state index in [4.69, 9.17) is 9.47 Å². The van der Waals surface area contributed by atoms with Crippen molar-refractivity contribution < 1.29 is 19.1 Å². The van der Waals surface area contributed by atoms with Gasteiger partial charge in [0.15, 0.2) is 0 Å². The number of unbranched alkanes of at least 4 members (excludes halogenated alkanes) is 1. The van der Waals surface area contributed by atoms with E-state index < -0.39 is 0 Å². The first kappa shape index (κ1) is 13.6. The average molecular weight is 262 g/mol. The molecule has 19 heavy (non-hydrogen) atoms. The topological polar surface area (TPSA) is 52.6 Å². The van der Waals surface area contributed by atoms with Crippen molar-refractivity contribution in [3.05, 3.63) is 24.3 Å². The molecule has 0 N–H and O–H groups in total. The predicted molar refractivity (Wildman–Crippen MR) is 70.0 cm³/mol. The van der Waals surface area contributed by atoms with Gasteiger partial charge in [-0.25, -0.2) is 0 Å². The lowest BCUT2D eigenvalue weighted by atomic mass is 10.2. The second-order valence-electron chi connectivity index (χ2n) is 4.75. The van der Waals surface area contributed by atoms with Gasteiger partial charge in [-0.1, -0.05) is 19.4 Å². The molecule has 1 aromatic rings. The third-order valence-corrected chi connectivity index (χ3v) is 2.90. The largest absolute Gasteiger partial charge is 0.426 e. The van der Waals surface area contributed by atoms with Crippen molar-refractivity contribution in [3.8, 4) is 11.5 Å². The molecule has 0 bridgehead atoms. The van der Waals surface area contributed by atoms with E-state index in [9.17, 15) is 9.59 Å². The van der Waals surface area contributed by atoms with Crippen molar-refractivity contribution in [1.29, 1.82) is 0 Å². The SMILES string of the molecule is CCCCC(=O)Oc1cccc(OC(=O)C2CC2)c1. The van der Waals surface area contributed by atoms with Crippen LogP contribution in [-0.2, 0) is 9.59 Å². The zero-order chi connectivity index (χ0) is 13.7. The molecule has 4 nitrogen and oxygen atoms in total. The smallest absolute Gasteiger partial charge is 0.314 e. The Morgan fingerprint density at radius 1 is 1.21 bits per heavy atom. The number of hydrogen-bond acceptors (Lipinski definition) is 4. The number of carbonyl (C=O) groups excluding carboxylic acids is 2. The fourth-order valence-electron chi connectivity index (χ4n) is 1.62. The molecular weight excluding hydrogens is 244 g/mol. The van der Waals surface area contributed by atoms with E-state index >= 15 is 0 Å². The quantitative estimate of drug-likeness (QED) is 0.584. The second-order valence-corrected chi connectivity index (χ2v) is 4.75. The van der Waals surface area contributed by atoms with Gasteiger partial charge in [-0.05, 0) is 31.4 Å². The summed E-state index contributed by atoms with van der Waals surface area (Å²) in [6.07, 6.45) is 3.99. The number of hydrogen-bond donors (Lipinski definition) is 0. The highest BCUT2D eigenvalue weighted by molar-refractivity contribution is 5.77. The van der Waals surface area contributed by atoms with Crippen LogP contribution in [0.2, 0.25) is 0 Å². The molecule has 102 valence electrons. The number of ether oxygens (including phenoxy) is 2. The van der Waals surface area contributed by atoms with Gasteiger partial charge in [-0.3, -0.25) is 9.59 Å². The lowest BCUT2D eigenvalue weighted by Crippen LogP contribution is -2.10. The van der Waals surface area contributed by atoms with E-state index in [1.807, 2.05) is 6.92 Å². The Hall–Kier alpha value is -1.84. The van der Waals surface area contributed by atoms with Crippen molar-refractivity contribution in [1.82, 2.24) is 0 Å². The van der Waals surface area contributed by atoms with Crippen molar-refractivity contribution >= 4 is 11.9 Å². The highest BCUT2D eigenvalue weighted by atomic mass is 16.5. The Balaban J connectivity index is 1.90. The van der Waals surface area contributed by atoms with Gasteiger partial charge in [0.1, 0.15) is 11.5 Å². The highest BCUT2D eigenvalue weighted by Gasteiger charge is 2.31. The molecule has 0 heterocycles. The minimum absolute atomic E-state index is 0.0516. The second kappa shape index (κ2) is 6.36. The molecule has 0 atom stereocenters. The minimum Gasteiger partial charge on any atom is -0.426 e. The van der Waals surface area contributed by atoms with Gasteiger partial charge in [0, 0.05) is 12.5 Å². The first-order valence-electron chi connectivity index (χ1n) is 6.71. The number of rotatable bonds is 6. The summed E-state index contributed by atoms with van der Waals surface area (Å²) in [5.41, 5.74) is 0. The third-order valence-electron chi connectivity index (χ3n) is 2.90. The van der Waals surface area contributed by atoms with Crippen LogP contribution in [0.1, 0.15) is 39.0 Å². The Kier molecular flexibility index (Phi) is 4.55. The molecule has 1 saturated carbocycles. The fourth-order valence-corrected chi connectivity index (χ4v) is 1.62. The first-order valence-corrected chi connectivity index (χ1v) is 6.71. The maximum atomic E-state index is 11.5. The number of esters is 2. The Labute approximate surface area is 112 Å². The van der Waals surface area contributed by atoms with Crippen molar-refractivity contribution in [2.75, 3.05) is 0 Å². The Morgan fingerprint density at radius 3 is 2.53 bits per heavy atom. The molecule has 2 rings (SSSR count). The molecule has 4 heteroatoms. The van der Waals surface area contributed by atoms with Gasteiger partial charge in [0.05, 0.1) is 5.92 Å². The van der Waals surface area contributed by atoms with E-state index in [2.05, 4.69) is 0 Å². The zero-order valence-corrected chi connectivity index (χ0v) is 11.1. The van der Waals surface area contributed by atoms with Gasteiger partial charge in [-0.15, -0.1) is 0 Å². The average Bonchev–Trinajstić information content (AvgIpc) is 3.21. The van der Waals surface area contributed by atoms with Crippen LogP contribution < -0.4 is 9.47 Å². The van der Waals surface area contributed by atoms with Crippen LogP contribution in [0.3, 0.4) is 0 Å². The van der Waals surface area contributed by atoms with E-state index in [1.165, 1.54) is 0 Å². The summed E-state index contributed by atoms with van der Waals surface area (Å²) in [5, 5.41) is 0. The molecule has 1 aliphatic carbocycles. The molecule has 0 aliphatic heterocycles. The minimum atomic E-state index is -0.257. The molecule has 0 unspecified atom stereocenters. The van der Waals surface area contributed by atoms with Gasteiger partial charge < -0.3 is 9.47 Å². The monoisotopic (exact) mass is 262 g/mol. The van der Waals surface area contributed by atoms with Crippen LogP contribution in [0.5, 0.6) is 11.5 Å². The summed E-state index contributed by atoms with van der Waals surface area (Å²) in [4.78, 5) is 23.0. The predicted octanol–water partition coefficient (Wildman–Crippen LogP) is 3.10. The van der Waals surface area contributed by atoms with Crippen molar-refractivity contribution in [2.24, 2.45) is 5.92 Å². The fraction of sp³-hybridized carbons (Fsp3) is 0.467. The summed E-state index contributed by atoms with van der Waals surface area (Å²) < 4.78 is 10.4. The Morgan fingerprint density at radius 2 is 1.89 bits per heavy atom. The molecule has 1 aromatic carbocycles. The van der Waals surface area contributed by atoms with E-state index in [0.29, 0.717) is 17.9 Å². The van der Waals surface area contributed by atoms with Crippen LogP contribution >= 0.6 is 0 Å².